The van der Waals surface area contributed by atoms with E-state index in [-0.39, 0.29) is 17.2 Å². The van der Waals surface area contributed by atoms with Gasteiger partial charge in [0.2, 0.25) is 11.2 Å². The SMILES string of the molecule is Nc1nc(Cl)nc(Oc2ccccc2Br)n1. The van der Waals surface area contributed by atoms with E-state index in [0.717, 1.165) is 4.47 Å². The minimum absolute atomic E-state index is 0.00504. The number of rotatable bonds is 2. The average Bonchev–Trinajstić information content (AvgIpc) is 2.20. The van der Waals surface area contributed by atoms with Crippen LogP contribution in [0.3, 0.4) is 0 Å². The van der Waals surface area contributed by atoms with E-state index in [4.69, 9.17) is 22.1 Å². The Morgan fingerprint density at radius 3 is 2.62 bits per heavy atom. The second-order valence-corrected chi connectivity index (χ2v) is 3.97. The molecule has 0 atom stereocenters. The lowest BCUT2D eigenvalue weighted by Gasteiger charge is -2.05. The highest BCUT2D eigenvalue weighted by Crippen LogP contribution is 2.27. The van der Waals surface area contributed by atoms with E-state index >= 15 is 0 Å². The summed E-state index contributed by atoms with van der Waals surface area (Å²) in [5.41, 5.74) is 5.41. The largest absolute Gasteiger partial charge is 0.423 e. The summed E-state index contributed by atoms with van der Waals surface area (Å²) in [7, 11) is 0. The first-order chi connectivity index (χ1) is 7.65. The van der Waals surface area contributed by atoms with Gasteiger partial charge >= 0.3 is 6.01 Å². The van der Waals surface area contributed by atoms with E-state index in [9.17, 15) is 0 Å². The van der Waals surface area contributed by atoms with Crippen LogP contribution in [-0.4, -0.2) is 15.0 Å². The summed E-state index contributed by atoms with van der Waals surface area (Å²) in [6.07, 6.45) is 0. The maximum absolute atomic E-state index is 5.62. The Bertz CT molecular complexity index is 502. The smallest absolute Gasteiger partial charge is 0.328 e. The summed E-state index contributed by atoms with van der Waals surface area (Å²) in [4.78, 5) is 11.2. The van der Waals surface area contributed by atoms with E-state index in [0.29, 0.717) is 5.75 Å². The monoisotopic (exact) mass is 300 g/mol. The first-order valence-corrected chi connectivity index (χ1v) is 5.41. The highest BCUT2D eigenvalue weighted by molar-refractivity contribution is 9.10. The Morgan fingerprint density at radius 2 is 1.94 bits per heavy atom. The molecule has 0 unspecified atom stereocenters. The van der Waals surface area contributed by atoms with E-state index in [1.54, 1.807) is 6.07 Å². The number of anilines is 1. The lowest BCUT2D eigenvalue weighted by Crippen LogP contribution is -2.00. The van der Waals surface area contributed by atoms with Crippen LogP contribution in [0.25, 0.3) is 0 Å². The standard InChI is InChI=1S/C9H6BrClN4O/c10-5-3-1-2-4-6(5)16-9-14-7(11)13-8(12)15-9/h1-4H,(H2,12,13,14,15). The molecule has 0 bridgehead atoms. The minimum Gasteiger partial charge on any atom is -0.423 e. The van der Waals surface area contributed by atoms with Crippen molar-refractivity contribution in [2.45, 2.75) is 0 Å². The number of hydrogen-bond acceptors (Lipinski definition) is 5. The predicted molar refractivity (Wildman–Crippen MR) is 63.5 cm³/mol. The van der Waals surface area contributed by atoms with Crippen molar-refractivity contribution in [2.24, 2.45) is 0 Å². The van der Waals surface area contributed by atoms with Gasteiger partial charge < -0.3 is 10.5 Å². The average molecular weight is 302 g/mol. The van der Waals surface area contributed by atoms with Gasteiger partial charge in [0.05, 0.1) is 4.47 Å². The molecule has 0 aliphatic heterocycles. The Labute approximate surface area is 105 Å². The summed E-state index contributed by atoms with van der Waals surface area (Å²) in [5, 5.41) is -0.00504. The molecule has 1 heterocycles. The van der Waals surface area contributed by atoms with Gasteiger partial charge in [0.25, 0.3) is 0 Å². The Morgan fingerprint density at radius 1 is 1.19 bits per heavy atom. The number of benzene rings is 1. The number of halogens is 2. The summed E-state index contributed by atoms with van der Waals surface area (Å²) in [6, 6.07) is 7.35. The zero-order valence-electron chi connectivity index (χ0n) is 7.89. The van der Waals surface area contributed by atoms with Crippen LogP contribution < -0.4 is 10.5 Å². The van der Waals surface area contributed by atoms with Gasteiger partial charge in [-0.25, -0.2) is 0 Å². The predicted octanol–water partition coefficient (Wildman–Crippen LogP) is 2.66. The van der Waals surface area contributed by atoms with Gasteiger partial charge in [-0.2, -0.15) is 15.0 Å². The van der Waals surface area contributed by atoms with E-state index in [2.05, 4.69) is 30.9 Å². The number of nitrogen functional groups attached to an aromatic ring is 1. The van der Waals surface area contributed by atoms with Gasteiger partial charge in [0.1, 0.15) is 5.75 Å². The summed E-state index contributed by atoms with van der Waals surface area (Å²) < 4.78 is 6.18. The Hall–Kier alpha value is -1.40. The van der Waals surface area contributed by atoms with Gasteiger partial charge in [-0.15, -0.1) is 0 Å². The second-order valence-electron chi connectivity index (χ2n) is 2.78. The van der Waals surface area contributed by atoms with E-state index in [1.807, 2.05) is 18.2 Å². The number of nitrogens with zero attached hydrogens (tertiary/aromatic N) is 3. The molecule has 0 saturated heterocycles. The molecule has 2 aromatic rings. The molecule has 16 heavy (non-hydrogen) atoms. The van der Waals surface area contributed by atoms with Crippen LogP contribution in [0, 0.1) is 0 Å². The third-order valence-corrected chi connectivity index (χ3v) is 2.47. The fourth-order valence-electron chi connectivity index (χ4n) is 1.02. The normalized spacial score (nSPS) is 10.1. The molecular weight excluding hydrogens is 295 g/mol. The molecule has 1 aromatic heterocycles. The highest BCUT2D eigenvalue weighted by atomic mass is 79.9. The van der Waals surface area contributed by atoms with Gasteiger partial charge in [0, 0.05) is 0 Å². The van der Waals surface area contributed by atoms with Crippen LogP contribution in [-0.2, 0) is 0 Å². The van der Waals surface area contributed by atoms with Crippen molar-refractivity contribution in [1.82, 2.24) is 15.0 Å². The fourth-order valence-corrected chi connectivity index (χ4v) is 1.54. The van der Waals surface area contributed by atoms with E-state index < -0.39 is 0 Å². The van der Waals surface area contributed by atoms with Crippen molar-refractivity contribution in [3.63, 3.8) is 0 Å². The zero-order chi connectivity index (χ0) is 11.5. The van der Waals surface area contributed by atoms with Crippen LogP contribution in [0.2, 0.25) is 5.28 Å². The van der Waals surface area contributed by atoms with Gasteiger partial charge in [0.15, 0.2) is 0 Å². The highest BCUT2D eigenvalue weighted by Gasteiger charge is 2.06. The topological polar surface area (TPSA) is 73.9 Å². The molecular formula is C9H6BrClN4O. The van der Waals surface area contributed by atoms with Crippen molar-refractivity contribution in [1.29, 1.82) is 0 Å². The molecule has 0 aliphatic rings. The van der Waals surface area contributed by atoms with Crippen LogP contribution >= 0.6 is 27.5 Å². The van der Waals surface area contributed by atoms with Crippen LogP contribution in [0.1, 0.15) is 0 Å². The summed E-state index contributed by atoms with van der Waals surface area (Å²) in [5.74, 6) is 0.589. The van der Waals surface area contributed by atoms with Gasteiger partial charge in [-0.3, -0.25) is 0 Å². The van der Waals surface area contributed by atoms with Crippen molar-refractivity contribution in [3.05, 3.63) is 34.0 Å². The maximum Gasteiger partial charge on any atom is 0.328 e. The molecule has 2 N–H and O–H groups in total. The first kappa shape index (κ1) is 11.1. The molecule has 0 spiro atoms. The number of hydrogen-bond donors (Lipinski definition) is 1. The molecule has 0 radical (unpaired) electrons. The minimum atomic E-state index is -0.00504. The third kappa shape index (κ3) is 2.59. The molecule has 1 aromatic carbocycles. The van der Waals surface area contributed by atoms with Gasteiger partial charge in [-0.05, 0) is 39.7 Å². The van der Waals surface area contributed by atoms with Crippen LogP contribution in [0.4, 0.5) is 5.95 Å². The molecule has 5 nitrogen and oxygen atoms in total. The Kier molecular flexibility index (Phi) is 3.21. The van der Waals surface area contributed by atoms with Crippen molar-refractivity contribution in [2.75, 3.05) is 5.73 Å². The Balaban J connectivity index is 2.30. The van der Waals surface area contributed by atoms with Crippen molar-refractivity contribution < 1.29 is 4.74 Å². The van der Waals surface area contributed by atoms with E-state index in [1.165, 1.54) is 0 Å². The van der Waals surface area contributed by atoms with Gasteiger partial charge in [-0.1, -0.05) is 12.1 Å². The quantitative estimate of drug-likeness (QED) is 0.923. The number of ether oxygens (including phenoxy) is 1. The second kappa shape index (κ2) is 4.63. The molecule has 7 heteroatoms. The maximum atomic E-state index is 5.62. The van der Waals surface area contributed by atoms with Crippen molar-refractivity contribution >= 4 is 33.5 Å². The summed E-state index contributed by atoms with van der Waals surface area (Å²) >= 11 is 8.95. The molecule has 2 rings (SSSR count). The summed E-state index contributed by atoms with van der Waals surface area (Å²) in [6.45, 7) is 0. The molecule has 0 saturated carbocycles. The molecule has 0 amide bonds. The lowest BCUT2D eigenvalue weighted by atomic mass is 10.3. The van der Waals surface area contributed by atoms with Crippen LogP contribution in [0.15, 0.2) is 28.7 Å². The number of aromatic nitrogens is 3. The molecule has 0 aliphatic carbocycles. The molecule has 0 fully saturated rings. The number of para-hydroxylation sites is 1. The van der Waals surface area contributed by atoms with Crippen LogP contribution in [0.5, 0.6) is 11.8 Å². The first-order valence-electron chi connectivity index (χ1n) is 4.24. The van der Waals surface area contributed by atoms with Crippen molar-refractivity contribution in [3.8, 4) is 11.8 Å². The third-order valence-electron chi connectivity index (χ3n) is 1.64. The molecule has 82 valence electrons. The zero-order valence-corrected chi connectivity index (χ0v) is 10.2. The lowest BCUT2D eigenvalue weighted by molar-refractivity contribution is 0.438. The fraction of sp³-hybridized carbons (Fsp3) is 0. The number of nitrogens with two attached hydrogens (primary N) is 1.